The first kappa shape index (κ1) is 18.4. The molecule has 0 saturated heterocycles. The number of nitro groups is 1. The second kappa shape index (κ2) is 7.87. The van der Waals surface area contributed by atoms with Gasteiger partial charge in [-0.15, -0.1) is 10.2 Å². The van der Waals surface area contributed by atoms with E-state index in [4.69, 9.17) is 0 Å². The summed E-state index contributed by atoms with van der Waals surface area (Å²) in [7, 11) is 0. The fourth-order valence-corrected chi connectivity index (χ4v) is 2.90. The van der Waals surface area contributed by atoms with Gasteiger partial charge in [0, 0.05) is 18.1 Å². The molecule has 3 aromatic rings. The summed E-state index contributed by atoms with van der Waals surface area (Å²) in [4.78, 5) is 14.7. The molecule has 0 aliphatic carbocycles. The molecule has 9 nitrogen and oxygen atoms in total. The zero-order valence-corrected chi connectivity index (χ0v) is 15.3. The molecular weight excluding hydrogens is 368 g/mol. The molecule has 0 unspecified atom stereocenters. The van der Waals surface area contributed by atoms with Crippen molar-refractivity contribution < 1.29 is 10.0 Å². The number of hydrogen-bond acceptors (Lipinski definition) is 8. The highest BCUT2D eigenvalue weighted by Gasteiger charge is 2.11. The first-order valence-electron chi connectivity index (χ1n) is 8.02. The highest BCUT2D eigenvalue weighted by Crippen LogP contribution is 2.29. The average Bonchev–Trinajstić information content (AvgIpc) is 3.05. The number of hydrazone groups is 1. The minimum absolute atomic E-state index is 0.0727. The van der Waals surface area contributed by atoms with Gasteiger partial charge < -0.3 is 5.11 Å². The molecule has 2 aromatic carbocycles. The van der Waals surface area contributed by atoms with Crippen LogP contribution in [0.2, 0.25) is 0 Å². The lowest BCUT2D eigenvalue weighted by molar-refractivity contribution is -0.384. The van der Waals surface area contributed by atoms with Crippen LogP contribution in [-0.4, -0.2) is 20.8 Å². The smallest absolute Gasteiger partial charge is 0.271 e. The molecule has 0 aliphatic heterocycles. The average molecular weight is 384 g/mol. The van der Waals surface area contributed by atoms with Crippen molar-refractivity contribution in [2.75, 3.05) is 5.43 Å². The van der Waals surface area contributed by atoms with Gasteiger partial charge in [-0.1, -0.05) is 37.3 Å². The molecule has 0 saturated carbocycles. The quantitative estimate of drug-likeness (QED) is 0.158. The van der Waals surface area contributed by atoms with Gasteiger partial charge in [-0.3, -0.25) is 15.5 Å². The van der Waals surface area contributed by atoms with E-state index in [0.29, 0.717) is 11.0 Å². The molecule has 0 aliphatic rings. The monoisotopic (exact) mass is 384 g/mol. The predicted molar refractivity (Wildman–Crippen MR) is 105 cm³/mol. The van der Waals surface area contributed by atoms with Crippen LogP contribution in [0.3, 0.4) is 0 Å². The van der Waals surface area contributed by atoms with Gasteiger partial charge in [0.1, 0.15) is 11.4 Å². The van der Waals surface area contributed by atoms with Crippen molar-refractivity contribution in [3.63, 3.8) is 0 Å². The number of aromatic nitrogens is 1. The normalized spacial score (nSPS) is 12.2. The van der Waals surface area contributed by atoms with Gasteiger partial charge in [0.05, 0.1) is 15.1 Å². The third-order valence-corrected chi connectivity index (χ3v) is 4.44. The van der Waals surface area contributed by atoms with Crippen molar-refractivity contribution in [1.29, 1.82) is 0 Å². The first-order valence-corrected chi connectivity index (χ1v) is 8.84. The van der Waals surface area contributed by atoms with Crippen LogP contribution >= 0.6 is 11.3 Å². The molecule has 0 atom stereocenters. The number of nitrogens with zero attached hydrogens (tertiary/aromatic N) is 5. The van der Waals surface area contributed by atoms with E-state index in [1.807, 2.05) is 38.1 Å². The third kappa shape index (κ3) is 4.42. The Morgan fingerprint density at radius 1 is 1.30 bits per heavy atom. The van der Waals surface area contributed by atoms with Crippen LogP contribution in [0.1, 0.15) is 13.8 Å². The molecule has 0 spiro atoms. The van der Waals surface area contributed by atoms with E-state index in [1.165, 1.54) is 29.5 Å². The van der Waals surface area contributed by atoms with Crippen molar-refractivity contribution in [3.05, 3.63) is 52.6 Å². The van der Waals surface area contributed by atoms with Crippen LogP contribution in [-0.2, 0) is 0 Å². The highest BCUT2D eigenvalue weighted by atomic mass is 32.1. The Morgan fingerprint density at radius 2 is 2.07 bits per heavy atom. The lowest BCUT2D eigenvalue weighted by Gasteiger charge is -2.06. The highest BCUT2D eigenvalue weighted by molar-refractivity contribution is 7.21. The fourth-order valence-electron chi connectivity index (χ4n) is 2.11. The number of nitro benzene ring substituents is 1. The SMILES string of the molecule is CC(C)/C(N=Nc1nc2ccccc2s1)=N\Nc1cc([N+](=O)[O-])ccc1O. The summed E-state index contributed by atoms with van der Waals surface area (Å²) in [5, 5.41) is 33.6. The summed E-state index contributed by atoms with van der Waals surface area (Å²) in [6.45, 7) is 3.76. The van der Waals surface area contributed by atoms with Gasteiger partial charge >= 0.3 is 0 Å². The lowest BCUT2D eigenvalue weighted by Crippen LogP contribution is -2.07. The standard InChI is InChI=1S/C17H16N6O3S/c1-10(2)16(20-19-13-9-11(23(25)26)7-8-14(13)24)21-22-17-18-12-5-3-4-6-15(12)27-17/h3-10,19,24H,1-2H3/b20-16+,22-21?. The van der Waals surface area contributed by atoms with Crippen LogP contribution in [0.5, 0.6) is 5.75 Å². The second-order valence-corrected chi connectivity index (χ2v) is 6.87. The van der Waals surface area contributed by atoms with E-state index in [1.54, 1.807) is 0 Å². The number of non-ortho nitro benzene ring substituents is 1. The number of azo groups is 1. The Bertz CT molecular complexity index is 1010. The molecule has 0 fully saturated rings. The van der Waals surface area contributed by atoms with E-state index in [9.17, 15) is 15.2 Å². The molecule has 10 heteroatoms. The molecule has 1 heterocycles. The van der Waals surface area contributed by atoms with E-state index >= 15 is 0 Å². The minimum Gasteiger partial charge on any atom is -0.506 e. The van der Waals surface area contributed by atoms with E-state index in [-0.39, 0.29) is 23.0 Å². The van der Waals surface area contributed by atoms with Crippen molar-refractivity contribution in [2.45, 2.75) is 13.8 Å². The van der Waals surface area contributed by atoms with E-state index < -0.39 is 4.92 Å². The van der Waals surface area contributed by atoms with Crippen molar-refractivity contribution >= 4 is 43.9 Å². The van der Waals surface area contributed by atoms with Gasteiger partial charge in [0.15, 0.2) is 5.84 Å². The van der Waals surface area contributed by atoms with Crippen LogP contribution < -0.4 is 5.43 Å². The molecule has 27 heavy (non-hydrogen) atoms. The minimum atomic E-state index is -0.551. The van der Waals surface area contributed by atoms with Gasteiger partial charge in [0.2, 0.25) is 5.13 Å². The van der Waals surface area contributed by atoms with Crippen molar-refractivity contribution in [3.8, 4) is 5.75 Å². The Morgan fingerprint density at radius 3 is 2.78 bits per heavy atom. The first-order chi connectivity index (χ1) is 12.9. The van der Waals surface area contributed by atoms with Gasteiger partial charge in [-0.05, 0) is 18.2 Å². The molecule has 2 N–H and O–H groups in total. The Hall–Kier alpha value is -3.40. The topological polar surface area (TPSA) is 125 Å². The number of para-hydroxylation sites is 1. The Kier molecular flexibility index (Phi) is 5.36. The fraction of sp³-hybridized carbons (Fsp3) is 0.176. The largest absolute Gasteiger partial charge is 0.506 e. The number of thiazole rings is 1. The van der Waals surface area contributed by atoms with Crippen molar-refractivity contribution in [2.24, 2.45) is 21.2 Å². The van der Waals surface area contributed by atoms with Gasteiger partial charge in [-0.25, -0.2) is 4.98 Å². The number of rotatable bonds is 5. The zero-order chi connectivity index (χ0) is 19.4. The molecule has 0 radical (unpaired) electrons. The second-order valence-electron chi connectivity index (χ2n) is 5.86. The lowest BCUT2D eigenvalue weighted by atomic mass is 10.2. The number of anilines is 1. The number of fused-ring (bicyclic) bond motifs is 1. The van der Waals surface area contributed by atoms with Gasteiger partial charge in [-0.2, -0.15) is 5.10 Å². The summed E-state index contributed by atoms with van der Waals surface area (Å²) < 4.78 is 1.01. The number of hydrogen-bond donors (Lipinski definition) is 2. The maximum atomic E-state index is 10.9. The maximum Gasteiger partial charge on any atom is 0.271 e. The van der Waals surface area contributed by atoms with E-state index in [0.717, 1.165) is 10.2 Å². The number of phenols is 1. The number of phenolic OH excluding ortho intramolecular Hbond substituents is 1. The van der Waals surface area contributed by atoms with Crippen LogP contribution in [0.15, 0.2) is 57.8 Å². The van der Waals surface area contributed by atoms with E-state index in [2.05, 4.69) is 25.7 Å². The third-order valence-electron chi connectivity index (χ3n) is 3.52. The molecular formula is C17H16N6O3S. The summed E-state index contributed by atoms with van der Waals surface area (Å²) in [5.74, 6) is 0.132. The van der Waals surface area contributed by atoms with Crippen molar-refractivity contribution in [1.82, 2.24) is 4.98 Å². The molecule has 3 rings (SSSR count). The number of aromatic hydroxyl groups is 1. The zero-order valence-electron chi connectivity index (χ0n) is 14.5. The number of benzene rings is 2. The number of nitrogens with one attached hydrogen (secondary N) is 1. The maximum absolute atomic E-state index is 10.9. The summed E-state index contributed by atoms with van der Waals surface area (Å²) in [6, 6.07) is 11.3. The summed E-state index contributed by atoms with van der Waals surface area (Å²) in [5.41, 5.74) is 3.41. The van der Waals surface area contributed by atoms with Crippen LogP contribution in [0, 0.1) is 16.0 Å². The van der Waals surface area contributed by atoms with Gasteiger partial charge in [0.25, 0.3) is 5.69 Å². The number of amidine groups is 1. The summed E-state index contributed by atoms with van der Waals surface area (Å²) in [6.07, 6.45) is 0. The Balaban J connectivity index is 1.83. The summed E-state index contributed by atoms with van der Waals surface area (Å²) >= 11 is 1.41. The van der Waals surface area contributed by atoms with Crippen LogP contribution in [0.4, 0.5) is 16.5 Å². The molecule has 1 aromatic heterocycles. The molecule has 0 bridgehead atoms. The Labute approximate surface area is 158 Å². The molecule has 138 valence electrons. The van der Waals surface area contributed by atoms with Crippen LogP contribution in [0.25, 0.3) is 10.2 Å². The molecule has 0 amide bonds. The predicted octanol–water partition coefficient (Wildman–Crippen LogP) is 5.08.